The Labute approximate surface area is 155 Å². The molecule has 2 bridgehead atoms. The van der Waals surface area contributed by atoms with E-state index in [9.17, 15) is 9.67 Å². The predicted molar refractivity (Wildman–Crippen MR) is 93.6 cm³/mol. The van der Waals surface area contributed by atoms with Crippen LogP contribution < -0.4 is 10.5 Å². The Morgan fingerprint density at radius 3 is 2.96 bits per heavy atom. The Balaban J connectivity index is 1.72. The van der Waals surface area contributed by atoms with Crippen molar-refractivity contribution in [2.75, 3.05) is 25.6 Å². The maximum Gasteiger partial charge on any atom is 0.504 e. The average Bonchev–Trinajstić information content (AvgIpc) is 3.21. The number of hydrogen-bond donors (Lipinski definition) is 2. The van der Waals surface area contributed by atoms with Crippen molar-refractivity contribution >= 4 is 25.1 Å². The van der Waals surface area contributed by atoms with E-state index in [0.717, 1.165) is 0 Å². The van der Waals surface area contributed by atoms with Gasteiger partial charge >= 0.3 is 8.03 Å². The van der Waals surface area contributed by atoms with Crippen molar-refractivity contribution in [3.8, 4) is 5.88 Å². The quantitative estimate of drug-likeness (QED) is 0.664. The summed E-state index contributed by atoms with van der Waals surface area (Å²) in [7, 11) is -1.84. The fraction of sp³-hybridized carbons (Fsp3) is 0.667. The highest BCUT2D eigenvalue weighted by Gasteiger charge is 2.66. The van der Waals surface area contributed by atoms with Crippen molar-refractivity contribution in [2.24, 2.45) is 0 Å². The molecule has 2 aromatic rings. The molecule has 0 radical (unpaired) electrons. The van der Waals surface area contributed by atoms with Crippen LogP contribution in [0.2, 0.25) is 0 Å². The van der Waals surface area contributed by atoms with E-state index in [0.29, 0.717) is 17.8 Å². The number of imidazole rings is 1. The smallest absolute Gasteiger partial charge is 0.476 e. The van der Waals surface area contributed by atoms with Crippen LogP contribution in [0.25, 0.3) is 11.2 Å². The maximum absolute atomic E-state index is 11.4. The topological polar surface area (TPSA) is 144 Å². The summed E-state index contributed by atoms with van der Waals surface area (Å²) in [6, 6.07) is 0. The monoisotopic (exact) mass is 398 g/mol. The lowest BCUT2D eigenvalue weighted by atomic mass is 9.94. The number of aliphatic hydroxyl groups is 1. The SMILES string of the molecule is CCOc1nc(N)nc2c1ncn2[C@@H]1O[C@@]2(CO[P+](C)=O)[C@H](C)O[C@@H]1[C@@H]2O. The number of nitrogens with zero attached hydrogens (tertiary/aromatic N) is 4. The first-order valence-electron chi connectivity index (χ1n) is 8.55. The molecule has 0 aliphatic carbocycles. The highest BCUT2D eigenvalue weighted by molar-refractivity contribution is 7.38. The lowest BCUT2D eigenvalue weighted by Crippen LogP contribution is -2.49. The standard InChI is InChI=1S/C15H21N5O6P/c1-4-23-12-8-11(18-14(16)19-12)20(6-17-8)13-9-10(21)15(26-13,7(2)25-9)5-24-27(3)22/h6-7,9-10,13,21H,4-5H2,1-3H3,(H2,16,18,19)/q+1/t7-,9+,10-,13+,15-/m0/s1. The molecule has 11 nitrogen and oxygen atoms in total. The third kappa shape index (κ3) is 2.77. The molecule has 3 N–H and O–H groups in total. The van der Waals surface area contributed by atoms with Crippen molar-refractivity contribution in [3.63, 3.8) is 0 Å². The molecule has 0 saturated carbocycles. The van der Waals surface area contributed by atoms with Crippen LogP contribution in [0.3, 0.4) is 0 Å². The number of aliphatic hydroxyl groups excluding tert-OH is 1. The molecule has 4 heterocycles. The van der Waals surface area contributed by atoms with Gasteiger partial charge in [0.2, 0.25) is 11.8 Å². The number of anilines is 1. The van der Waals surface area contributed by atoms with E-state index < -0.39 is 38.2 Å². The van der Waals surface area contributed by atoms with Gasteiger partial charge in [-0.15, -0.1) is 4.52 Å². The van der Waals surface area contributed by atoms with Gasteiger partial charge in [0.15, 0.2) is 29.7 Å². The third-order valence-electron chi connectivity index (χ3n) is 4.92. The number of aromatic nitrogens is 4. The molecular weight excluding hydrogens is 377 g/mol. The summed E-state index contributed by atoms with van der Waals surface area (Å²) >= 11 is 0. The number of fused-ring (bicyclic) bond motifs is 3. The summed E-state index contributed by atoms with van der Waals surface area (Å²) in [5, 5.41) is 10.8. The first-order valence-corrected chi connectivity index (χ1v) is 10.2. The Hall–Kier alpha value is -1.91. The highest BCUT2D eigenvalue weighted by Crippen LogP contribution is 2.50. The first-order chi connectivity index (χ1) is 12.9. The van der Waals surface area contributed by atoms with Gasteiger partial charge in [0.1, 0.15) is 18.8 Å². The number of rotatable bonds is 6. The molecule has 2 saturated heterocycles. The van der Waals surface area contributed by atoms with Crippen molar-refractivity contribution in [3.05, 3.63) is 6.33 Å². The van der Waals surface area contributed by atoms with Gasteiger partial charge in [0.05, 0.1) is 19.0 Å². The summed E-state index contributed by atoms with van der Waals surface area (Å²) in [5.41, 5.74) is 5.51. The Morgan fingerprint density at radius 2 is 2.26 bits per heavy atom. The molecular formula is C15H21N5O6P+. The number of nitrogens with two attached hydrogens (primary N) is 1. The van der Waals surface area contributed by atoms with E-state index in [1.807, 2.05) is 6.92 Å². The van der Waals surface area contributed by atoms with Crippen LogP contribution in [0.15, 0.2) is 6.33 Å². The van der Waals surface area contributed by atoms with Crippen LogP contribution in [0.4, 0.5) is 5.95 Å². The molecule has 2 aromatic heterocycles. The molecule has 12 heteroatoms. The van der Waals surface area contributed by atoms with Crippen molar-refractivity contribution in [1.82, 2.24) is 19.5 Å². The van der Waals surface area contributed by atoms with Gasteiger partial charge in [-0.3, -0.25) is 4.57 Å². The van der Waals surface area contributed by atoms with Crippen LogP contribution in [0.1, 0.15) is 20.1 Å². The van der Waals surface area contributed by atoms with Gasteiger partial charge in [-0.25, -0.2) is 4.98 Å². The predicted octanol–water partition coefficient (Wildman–Crippen LogP) is 0.612. The second kappa shape index (κ2) is 6.61. The maximum atomic E-state index is 11.4. The lowest BCUT2D eigenvalue weighted by Gasteiger charge is -2.34. The number of nitrogen functional groups attached to an aromatic ring is 1. The largest absolute Gasteiger partial charge is 0.504 e. The summed E-state index contributed by atoms with van der Waals surface area (Å²) in [5.74, 6) is 0.310. The molecule has 2 aliphatic rings. The fourth-order valence-electron chi connectivity index (χ4n) is 3.60. The molecule has 6 atom stereocenters. The van der Waals surface area contributed by atoms with E-state index in [-0.39, 0.29) is 18.4 Å². The van der Waals surface area contributed by atoms with Crippen LogP contribution in [-0.2, 0) is 18.6 Å². The highest BCUT2D eigenvalue weighted by atomic mass is 31.1. The number of hydrogen-bond acceptors (Lipinski definition) is 10. The Kier molecular flexibility index (Phi) is 4.52. The second-order valence-corrected chi connectivity index (χ2v) is 7.65. The summed E-state index contributed by atoms with van der Waals surface area (Å²) in [6.45, 7) is 5.40. The minimum atomic E-state index is -1.84. The zero-order valence-corrected chi connectivity index (χ0v) is 16.0. The Morgan fingerprint density at radius 1 is 1.48 bits per heavy atom. The van der Waals surface area contributed by atoms with Gasteiger partial charge < -0.3 is 25.1 Å². The minimum absolute atomic E-state index is 0.0340. The first kappa shape index (κ1) is 18.5. The molecule has 2 aliphatic heterocycles. The molecule has 4 rings (SSSR count). The van der Waals surface area contributed by atoms with E-state index in [1.54, 1.807) is 11.5 Å². The summed E-state index contributed by atoms with van der Waals surface area (Å²) in [4.78, 5) is 12.6. The molecule has 0 amide bonds. The fourth-order valence-corrected chi connectivity index (χ4v) is 3.98. The van der Waals surface area contributed by atoms with Gasteiger partial charge in [0, 0.05) is 0 Å². The van der Waals surface area contributed by atoms with Gasteiger partial charge in [0.25, 0.3) is 0 Å². The zero-order valence-electron chi connectivity index (χ0n) is 15.1. The average molecular weight is 398 g/mol. The molecule has 0 aromatic carbocycles. The summed E-state index contributed by atoms with van der Waals surface area (Å²) < 4.78 is 35.8. The van der Waals surface area contributed by atoms with E-state index in [4.69, 9.17) is 24.5 Å². The van der Waals surface area contributed by atoms with Crippen LogP contribution in [-0.4, -0.2) is 68.4 Å². The van der Waals surface area contributed by atoms with Gasteiger partial charge in [-0.05, 0) is 18.4 Å². The zero-order chi connectivity index (χ0) is 19.3. The molecule has 1 unspecified atom stereocenters. The van der Waals surface area contributed by atoms with E-state index in [2.05, 4.69) is 15.0 Å². The minimum Gasteiger partial charge on any atom is -0.476 e. The Bertz CT molecular complexity index is 893. The second-order valence-electron chi connectivity index (χ2n) is 6.51. The van der Waals surface area contributed by atoms with Gasteiger partial charge in [-0.2, -0.15) is 9.97 Å². The van der Waals surface area contributed by atoms with Crippen LogP contribution in [0.5, 0.6) is 5.88 Å². The van der Waals surface area contributed by atoms with E-state index >= 15 is 0 Å². The van der Waals surface area contributed by atoms with Crippen molar-refractivity contribution in [1.29, 1.82) is 0 Å². The van der Waals surface area contributed by atoms with E-state index in [1.165, 1.54) is 13.0 Å². The van der Waals surface area contributed by atoms with Crippen molar-refractivity contribution < 1.29 is 28.4 Å². The van der Waals surface area contributed by atoms with Crippen LogP contribution >= 0.6 is 8.03 Å². The molecule has 0 spiro atoms. The summed E-state index contributed by atoms with van der Waals surface area (Å²) in [6.07, 6.45) is -1.25. The van der Waals surface area contributed by atoms with Crippen molar-refractivity contribution in [2.45, 2.75) is 44.0 Å². The lowest BCUT2D eigenvalue weighted by molar-refractivity contribution is -0.213. The number of ether oxygens (including phenoxy) is 3. The third-order valence-corrected chi connectivity index (χ3v) is 5.41. The molecule has 2 fully saturated rings. The normalized spacial score (nSPS) is 33.0. The van der Waals surface area contributed by atoms with Crippen LogP contribution in [0, 0.1) is 0 Å². The molecule has 146 valence electrons. The van der Waals surface area contributed by atoms with Gasteiger partial charge in [-0.1, -0.05) is 0 Å². The molecule has 27 heavy (non-hydrogen) atoms.